The fourth-order valence-electron chi connectivity index (χ4n) is 17.4. The first-order chi connectivity index (χ1) is 59.0. The average molecular weight is 1720 g/mol. The van der Waals surface area contributed by atoms with Crippen LogP contribution in [0.4, 0.5) is 0 Å². The second-order valence-corrected chi connectivity index (χ2v) is 48.9. The molecular formula is C121H154O7. The maximum atomic E-state index is 13.9. The van der Waals surface area contributed by atoms with Crippen molar-refractivity contribution >= 4 is 0 Å². The number of phenols is 3. The first kappa shape index (κ1) is 97.1. The van der Waals surface area contributed by atoms with Crippen LogP contribution in [-0.2, 0) is 131 Å². The zero-order valence-corrected chi connectivity index (χ0v) is 84.6. The molecule has 12 rings (SSSR count). The highest BCUT2D eigenvalue weighted by atomic mass is 16.5. The highest BCUT2D eigenvalue weighted by molar-refractivity contribution is 5.63. The molecule has 14 bridgehead atoms. The predicted octanol–water partition coefficient (Wildman–Crippen LogP) is 30.8. The molecule has 11 aromatic rings. The molecule has 0 radical (unpaired) electrons. The van der Waals surface area contributed by atoms with Crippen molar-refractivity contribution in [2.24, 2.45) is 0 Å². The van der Waals surface area contributed by atoms with Crippen LogP contribution >= 0.6 is 0 Å². The van der Waals surface area contributed by atoms with Crippen LogP contribution in [0.2, 0.25) is 0 Å². The average Bonchev–Trinajstić information content (AvgIpc) is 0.766. The number of aromatic hydroxyl groups is 3. The summed E-state index contributed by atoms with van der Waals surface area (Å²) in [6.45, 7) is 76.0. The maximum absolute atomic E-state index is 13.9. The number of hydrogen-bond donors (Lipinski definition) is 3. The largest absolute Gasteiger partial charge is 0.507 e. The Kier molecular flexibility index (Phi) is 27.3. The topological polar surface area (TPSA) is 97.6 Å². The molecule has 680 valence electrons. The molecule has 0 unspecified atom stereocenters. The van der Waals surface area contributed by atoms with E-state index >= 15 is 0 Å². The summed E-state index contributed by atoms with van der Waals surface area (Å²) in [5, 5.41) is 41.6. The lowest BCUT2D eigenvalue weighted by atomic mass is 9.79. The van der Waals surface area contributed by atoms with E-state index in [1.807, 2.05) is 0 Å². The Morgan fingerprint density at radius 2 is 0.273 bits per heavy atom. The van der Waals surface area contributed by atoms with Gasteiger partial charge in [0, 0.05) is 44.9 Å². The van der Waals surface area contributed by atoms with Gasteiger partial charge in [-0.05, 0) is 221 Å². The Morgan fingerprint density at radius 3 is 0.391 bits per heavy atom. The number of rotatable bonds is 12. The molecule has 1 aliphatic rings. The van der Waals surface area contributed by atoms with Crippen LogP contribution in [0.25, 0.3) is 0 Å². The molecular weight excluding hydrogens is 1570 g/mol. The lowest BCUT2D eigenvalue weighted by molar-refractivity contribution is 0.296. The van der Waals surface area contributed by atoms with Crippen LogP contribution in [0.1, 0.15) is 390 Å². The molecule has 0 heterocycles. The minimum Gasteiger partial charge on any atom is -0.507 e. The SMILES string of the molecule is CC(C)(C)c1ccc(COc2c3cc(C(C)(C)C)cc2Cc2cc(C(C)(C)C)cc(c2O)Cc2cc(C(C)(C)C)cc(c2OCc2ccc(C(C)(C)C)cc2)Cc2cc(C(C)(C)C)cc(c2OCc2ccc(C(C)(C)C)cc2)Cc2cc(C(C)(C)C)cc(c2O)Cc2cc(C(C)(C)C)cc(c2OCc2ccc(C(C)(C)C)cc2)Cc2cc(C(C)(C)C)cc(c2O)C3)cc1. The molecule has 11 aromatic carbocycles. The molecule has 7 nitrogen and oxygen atoms in total. The fourth-order valence-corrected chi connectivity index (χ4v) is 17.4. The van der Waals surface area contributed by atoms with Crippen molar-refractivity contribution in [3.05, 3.63) is 343 Å². The minimum atomic E-state index is -0.356. The van der Waals surface area contributed by atoms with Gasteiger partial charge >= 0.3 is 0 Å². The summed E-state index contributed by atoms with van der Waals surface area (Å²) in [5.74, 6) is 3.62. The monoisotopic (exact) mass is 1720 g/mol. The standard InChI is InChI=1S/C121H154O7/c1-111(2,3)93-42-34-75(35-43-93)71-125-107-85-50-79-57-97(115(13,14)15)58-80(104(79)122)51-86-64-101(119(25,26)27)66-88(108(86)126-72-76-36-44-94(45-37-76)112(4,5)6)53-82-60-99(117(19,20)21)62-84(106(82)124)55-90-68-103(121(31,32)33)70-92(110(90)128-74-78-40-48-96(49-41-78)114(10,11)12)56-91-69-102(120(28,29)30)67-89(109(91)127-73-77-38-46-95(47-39-77)113(7,8)9)54-83-61-98(116(16,17)18)59-81(105(83)123)52-87(107)65-100(63-85)118(22,23)24/h34-49,57-70,122-124H,50-56,71-74H2,1-33H3. The maximum Gasteiger partial charge on any atom is 0.126 e. The predicted molar refractivity (Wildman–Crippen MR) is 539 cm³/mol. The van der Waals surface area contributed by atoms with Crippen molar-refractivity contribution in [3.63, 3.8) is 0 Å². The third-order valence-corrected chi connectivity index (χ3v) is 26.3. The number of fused-ring (bicyclic) bond motifs is 14. The van der Waals surface area contributed by atoms with Crippen LogP contribution in [0.15, 0.2) is 182 Å². The van der Waals surface area contributed by atoms with E-state index in [9.17, 15) is 15.3 Å². The van der Waals surface area contributed by atoms with E-state index in [-0.39, 0.29) is 90.0 Å². The van der Waals surface area contributed by atoms with E-state index in [0.29, 0.717) is 58.2 Å². The Bertz CT molecular complexity index is 5470. The van der Waals surface area contributed by atoms with Gasteiger partial charge in [-0.1, -0.05) is 410 Å². The summed E-state index contributed by atoms with van der Waals surface area (Å²) in [5.41, 5.74) is 26.6. The van der Waals surface area contributed by atoms with Gasteiger partial charge in [-0.25, -0.2) is 0 Å². The molecule has 1 aliphatic carbocycles. The number of hydrogen-bond acceptors (Lipinski definition) is 7. The summed E-state index contributed by atoms with van der Waals surface area (Å²) in [6.07, 6.45) is 2.46. The van der Waals surface area contributed by atoms with E-state index in [0.717, 1.165) is 162 Å². The Balaban J connectivity index is 1.21. The second kappa shape index (κ2) is 36.1. The van der Waals surface area contributed by atoms with Crippen LogP contribution in [0.3, 0.4) is 0 Å². The van der Waals surface area contributed by atoms with Crippen LogP contribution in [-0.4, -0.2) is 15.3 Å². The van der Waals surface area contributed by atoms with Gasteiger partial charge in [0.15, 0.2) is 0 Å². The molecule has 7 heteroatoms. The molecule has 0 saturated carbocycles. The molecule has 3 N–H and O–H groups in total. The molecule has 128 heavy (non-hydrogen) atoms. The molecule has 0 saturated heterocycles. The summed E-state index contributed by atoms with van der Waals surface area (Å²) >= 11 is 0. The van der Waals surface area contributed by atoms with Gasteiger partial charge < -0.3 is 34.3 Å². The van der Waals surface area contributed by atoms with Crippen LogP contribution in [0.5, 0.6) is 40.2 Å². The van der Waals surface area contributed by atoms with Gasteiger partial charge in [0.2, 0.25) is 0 Å². The highest BCUT2D eigenvalue weighted by Gasteiger charge is 2.34. The van der Waals surface area contributed by atoms with Crippen molar-refractivity contribution < 1.29 is 34.3 Å². The van der Waals surface area contributed by atoms with E-state index in [1.54, 1.807) is 0 Å². The molecule has 0 spiro atoms. The normalized spacial score (nSPS) is 13.8. The van der Waals surface area contributed by atoms with Crippen molar-refractivity contribution in [1.82, 2.24) is 0 Å². The van der Waals surface area contributed by atoms with Crippen molar-refractivity contribution in [2.75, 3.05) is 0 Å². The summed E-state index contributed by atoms with van der Waals surface area (Å²) in [7, 11) is 0. The van der Waals surface area contributed by atoms with Crippen molar-refractivity contribution in [2.45, 2.75) is 359 Å². The van der Waals surface area contributed by atoms with Gasteiger partial charge in [0.1, 0.15) is 66.7 Å². The fraction of sp³-hybridized carbons (Fsp3) is 0.455. The van der Waals surface area contributed by atoms with Crippen molar-refractivity contribution in [1.29, 1.82) is 0 Å². The third-order valence-electron chi connectivity index (χ3n) is 26.3. The zero-order chi connectivity index (χ0) is 94.1. The summed E-state index contributed by atoms with van der Waals surface area (Å²) < 4.78 is 30.4. The quantitative estimate of drug-likeness (QED) is 0.112. The third kappa shape index (κ3) is 23.4. The van der Waals surface area contributed by atoms with Gasteiger partial charge in [-0.2, -0.15) is 0 Å². The zero-order valence-electron chi connectivity index (χ0n) is 84.6. The molecule has 0 fully saturated rings. The Morgan fingerprint density at radius 1 is 0.164 bits per heavy atom. The van der Waals surface area contributed by atoms with Crippen LogP contribution in [0, 0.1) is 0 Å². The first-order valence-corrected chi connectivity index (χ1v) is 47.1. The van der Waals surface area contributed by atoms with Crippen LogP contribution < -0.4 is 18.9 Å². The lowest BCUT2D eigenvalue weighted by Gasteiger charge is -2.28. The Hall–Kier alpha value is -9.98. The van der Waals surface area contributed by atoms with E-state index in [1.165, 1.54) is 22.3 Å². The molecule has 0 aliphatic heterocycles. The first-order valence-electron chi connectivity index (χ1n) is 47.1. The highest BCUT2D eigenvalue weighted by Crippen LogP contribution is 2.49. The molecule has 0 amide bonds. The van der Waals surface area contributed by atoms with E-state index in [4.69, 9.17) is 18.9 Å². The van der Waals surface area contributed by atoms with Gasteiger partial charge in [-0.3, -0.25) is 0 Å². The van der Waals surface area contributed by atoms with Gasteiger partial charge in [0.25, 0.3) is 0 Å². The van der Waals surface area contributed by atoms with Gasteiger partial charge in [-0.15, -0.1) is 0 Å². The van der Waals surface area contributed by atoms with E-state index < -0.39 is 0 Å². The molecule has 0 atom stereocenters. The molecule has 0 aromatic heterocycles. The minimum absolute atomic E-state index is 0.0497. The number of ether oxygens (including phenoxy) is 4. The summed E-state index contributed by atoms with van der Waals surface area (Å²) in [4.78, 5) is 0. The lowest BCUT2D eigenvalue weighted by Crippen LogP contribution is -2.17. The second-order valence-electron chi connectivity index (χ2n) is 48.9. The smallest absolute Gasteiger partial charge is 0.126 e. The summed E-state index contributed by atoms with van der Waals surface area (Å²) in [6, 6.07) is 67.6. The number of benzene rings is 11. The number of phenolic OH excluding ortho intramolecular Hbond substituents is 3. The van der Waals surface area contributed by atoms with E-state index in [2.05, 4.69) is 410 Å². The van der Waals surface area contributed by atoms with Gasteiger partial charge in [0.05, 0.1) is 0 Å². The Labute approximate surface area is 772 Å². The van der Waals surface area contributed by atoms with Crippen molar-refractivity contribution in [3.8, 4) is 40.2 Å².